The molecule has 5 aliphatic rings. The van der Waals surface area contributed by atoms with Crippen molar-refractivity contribution in [2.75, 3.05) is 0 Å². The Morgan fingerprint density at radius 1 is 0.363 bits per heavy atom. The minimum atomic E-state index is -0.711. The summed E-state index contributed by atoms with van der Waals surface area (Å²) in [4.78, 5) is 39.4. The van der Waals surface area contributed by atoms with Crippen molar-refractivity contribution >= 4 is 135 Å². The van der Waals surface area contributed by atoms with Gasteiger partial charge in [-0.1, -0.05) is 154 Å². The molecule has 11 aromatic rings. The Hall–Kier alpha value is -9.72. The van der Waals surface area contributed by atoms with E-state index in [1.54, 1.807) is 0 Å². The van der Waals surface area contributed by atoms with Gasteiger partial charge in [-0.25, -0.2) is 19.9 Å². The molecule has 0 spiro atoms. The van der Waals surface area contributed by atoms with Crippen molar-refractivity contribution in [3.63, 3.8) is 0 Å². The van der Waals surface area contributed by atoms with Crippen LogP contribution < -0.4 is 5.46 Å². The number of benzene rings is 4. The number of hydrogen-bond donors (Lipinski definition) is 4. The van der Waals surface area contributed by atoms with Crippen molar-refractivity contribution in [3.05, 3.63) is 206 Å². The average molecular weight is 1360 g/mol. The number of nitrogens with zero attached hydrogens (tertiary/aromatic N) is 4. The number of thiophene rings is 1. The number of fused-ring (bicyclic) bond motifs is 19. The Morgan fingerprint density at radius 3 is 1.25 bits per heavy atom. The van der Waals surface area contributed by atoms with Crippen molar-refractivity contribution in [1.82, 2.24) is 39.9 Å². The summed E-state index contributed by atoms with van der Waals surface area (Å²) < 4.78 is 16.3. The minimum Gasteiger partial charge on any atom is -0.399 e. The van der Waals surface area contributed by atoms with Gasteiger partial charge in [0.15, 0.2) is 0 Å². The first-order valence-corrected chi connectivity index (χ1v) is 38.3. The third-order valence-electron chi connectivity index (χ3n) is 22.8. The molecule has 0 unspecified atom stereocenters. The smallest absolute Gasteiger partial charge is 0.399 e. The summed E-state index contributed by atoms with van der Waals surface area (Å²) in [6.07, 6.45) is 17.6. The van der Waals surface area contributed by atoms with Crippen LogP contribution in [0, 0.1) is 0 Å². The van der Waals surface area contributed by atoms with Crippen LogP contribution in [-0.2, 0) is 47.8 Å². The van der Waals surface area contributed by atoms with Gasteiger partial charge in [-0.05, 0) is 225 Å². The third-order valence-corrected chi connectivity index (χ3v) is 24.0. The van der Waals surface area contributed by atoms with Crippen LogP contribution in [0.15, 0.2) is 127 Å². The molecule has 0 amide bonds. The van der Waals surface area contributed by atoms with Gasteiger partial charge in [-0.2, -0.15) is 0 Å². The normalized spacial score (nSPS) is 14.9. The largest absolute Gasteiger partial charge is 0.499 e. The lowest BCUT2D eigenvalue weighted by Gasteiger charge is -2.32. The molecule has 0 aliphatic carbocycles. The summed E-state index contributed by atoms with van der Waals surface area (Å²) in [6.45, 7) is 31.3. The van der Waals surface area contributed by atoms with Crippen LogP contribution in [0.25, 0.3) is 155 Å². The molecule has 12 heterocycles. The first-order chi connectivity index (χ1) is 49.6. The highest BCUT2D eigenvalue weighted by Crippen LogP contribution is 2.51. The van der Waals surface area contributed by atoms with E-state index in [-0.39, 0.29) is 0 Å². The molecule has 0 atom stereocenters. The summed E-state index contributed by atoms with van der Waals surface area (Å²) in [5, 5.41) is 2.38. The minimum absolute atomic E-state index is 0.594. The number of nitrogens with one attached hydrogen (secondary N) is 4. The van der Waals surface area contributed by atoms with Crippen LogP contribution in [0.3, 0.4) is 0 Å². The van der Waals surface area contributed by atoms with E-state index < -0.39 is 18.3 Å². The lowest BCUT2D eigenvalue weighted by atomic mass is 9.77. The summed E-state index contributed by atoms with van der Waals surface area (Å²) >= 11 is 1.88. The van der Waals surface area contributed by atoms with Gasteiger partial charge in [0.25, 0.3) is 0 Å². The lowest BCUT2D eigenvalue weighted by molar-refractivity contribution is 0.00578. The maximum Gasteiger partial charge on any atom is 0.499 e. The van der Waals surface area contributed by atoms with E-state index in [0.717, 1.165) is 204 Å². The number of hydrogen-bond acceptors (Lipinski definition) is 7. The number of aryl methyl sites for hydroxylation is 6. The zero-order valence-corrected chi connectivity index (χ0v) is 62.4. The Balaban J connectivity index is 1.02. The molecule has 0 saturated carbocycles. The second-order valence-electron chi connectivity index (χ2n) is 28.8. The van der Waals surface area contributed by atoms with E-state index in [9.17, 15) is 0 Å². The Kier molecular flexibility index (Phi) is 17.2. The van der Waals surface area contributed by atoms with Gasteiger partial charge in [0.05, 0.1) is 62.3 Å². The van der Waals surface area contributed by atoms with Gasteiger partial charge < -0.3 is 29.2 Å². The molecule has 5 aliphatic heterocycles. The van der Waals surface area contributed by atoms with Crippen molar-refractivity contribution in [3.8, 4) is 44.5 Å². The molecular weight excluding hydrogens is 1270 g/mol. The molecule has 16 bridgehead atoms. The number of H-pyrrole nitrogens is 4. The maximum atomic E-state index is 6.96. The second kappa shape index (κ2) is 26.3. The van der Waals surface area contributed by atoms with E-state index >= 15 is 0 Å². The Bertz CT molecular complexity index is 5720. The molecule has 0 radical (unpaired) electrons. The molecule has 4 N–H and O–H groups in total. The van der Waals surface area contributed by atoms with Gasteiger partial charge in [0, 0.05) is 97.6 Å². The average Bonchev–Trinajstić information content (AvgIpc) is 1.61. The predicted molar refractivity (Wildman–Crippen MR) is 435 cm³/mol. The maximum absolute atomic E-state index is 6.96. The molecule has 1 fully saturated rings. The van der Waals surface area contributed by atoms with Crippen LogP contribution in [0.5, 0.6) is 0 Å². The molecule has 1 saturated heterocycles. The standard InChI is InChI=1S/C90H91BN8O2S/c1-15-50-31-35-52(36-32-50)80-66-39-41-70(92-66)82(71-42-40-67(93-71)81(53-37-33-51(16-2)34-38-53)69-44-46-73(95-69)84(72-45-43-68(80)94-72)91-100-89(11,12)90(13,14)101-91)64-29-25-27-62-63-28-26-30-65(88(63)102-87(62)64)83-85-60(23-9)58(21-7)78(98-85)48-76-56(19-5)54(17-3)74(96-76)47-75-55(18-4)57(20-6)77(97-75)49-79-59(22-8)61(24-10)86(83)99-79/h25-49,92,95-96,99H,15-24H2,1-14H3. The van der Waals surface area contributed by atoms with E-state index in [1.807, 2.05) is 11.3 Å². The fourth-order valence-corrected chi connectivity index (χ4v) is 18.1. The van der Waals surface area contributed by atoms with Crippen molar-refractivity contribution < 1.29 is 9.31 Å². The lowest BCUT2D eigenvalue weighted by Crippen LogP contribution is -2.41. The molecule has 102 heavy (non-hydrogen) atoms. The quantitative estimate of drug-likeness (QED) is 0.0756. The predicted octanol–water partition coefficient (Wildman–Crippen LogP) is 23.5. The van der Waals surface area contributed by atoms with E-state index in [1.165, 1.54) is 75.8 Å². The zero-order chi connectivity index (χ0) is 70.6. The number of rotatable bonds is 15. The zero-order valence-electron chi connectivity index (χ0n) is 61.6. The SMILES string of the molecule is CCC1=C(CC)c2cc3[nH]c(c(CC)c3CC)c(-c3cccc4c3sc3c(-c5c6nc(c(-c7ccc(CC)cc7)c7ccc([nH]7)c(B7OC(C)(C)C(C)(C)O7)c7nc(c(-c8ccc(CC)cc8)c8ccc5[nH]8)C=C7)C=C6)cccc34)c3nc(cc4[nH]c(cc1n2)c(CC)c4CC)C(CC)=C3CC. The van der Waals surface area contributed by atoms with Gasteiger partial charge in [0.2, 0.25) is 0 Å². The van der Waals surface area contributed by atoms with Crippen LogP contribution in [0.1, 0.15) is 202 Å². The van der Waals surface area contributed by atoms with Gasteiger partial charge in [0.1, 0.15) is 0 Å². The van der Waals surface area contributed by atoms with E-state index in [2.05, 4.69) is 269 Å². The number of allylic oxidation sites excluding steroid dienone is 4. The van der Waals surface area contributed by atoms with Gasteiger partial charge in [-0.15, -0.1) is 11.3 Å². The first-order valence-electron chi connectivity index (χ1n) is 37.5. The Labute approximate surface area is 603 Å². The highest BCUT2D eigenvalue weighted by molar-refractivity contribution is 7.27. The van der Waals surface area contributed by atoms with Gasteiger partial charge >= 0.3 is 7.12 Å². The van der Waals surface area contributed by atoms with E-state index in [0.29, 0.717) is 0 Å². The molecule has 12 heteroatoms. The molecule has 16 rings (SSSR count). The monoisotopic (exact) mass is 1360 g/mol. The highest BCUT2D eigenvalue weighted by atomic mass is 32.1. The fraction of sp³-hybridized carbons (Fsp3) is 0.289. The van der Waals surface area contributed by atoms with Crippen molar-refractivity contribution in [2.45, 2.75) is 172 Å². The number of aromatic amines is 4. The molecule has 7 aromatic heterocycles. The molecule has 4 aromatic carbocycles. The molecular formula is C90H91BN8O2S. The second-order valence-corrected chi connectivity index (χ2v) is 29.8. The van der Waals surface area contributed by atoms with Crippen molar-refractivity contribution in [2.24, 2.45) is 0 Å². The summed E-state index contributed by atoms with van der Waals surface area (Å²) in [6, 6.07) is 47.7. The molecule has 10 nitrogen and oxygen atoms in total. The topological polar surface area (TPSA) is 133 Å². The summed E-state index contributed by atoms with van der Waals surface area (Å²) in [7, 11) is -0.711. The fourth-order valence-electron chi connectivity index (χ4n) is 16.8. The first kappa shape index (κ1) is 66.8. The Morgan fingerprint density at radius 2 is 0.765 bits per heavy atom. The molecule has 512 valence electrons. The third kappa shape index (κ3) is 10.9. The van der Waals surface area contributed by atoms with Crippen LogP contribution >= 0.6 is 11.3 Å². The van der Waals surface area contributed by atoms with Crippen LogP contribution in [-0.4, -0.2) is 58.2 Å². The van der Waals surface area contributed by atoms with Crippen LogP contribution in [0.4, 0.5) is 0 Å². The van der Waals surface area contributed by atoms with Crippen LogP contribution in [0.2, 0.25) is 0 Å². The van der Waals surface area contributed by atoms with Crippen molar-refractivity contribution in [1.29, 1.82) is 0 Å². The highest BCUT2D eigenvalue weighted by Gasteiger charge is 2.53. The summed E-state index contributed by atoms with van der Waals surface area (Å²) in [5.41, 5.74) is 36.9. The van der Waals surface area contributed by atoms with E-state index in [4.69, 9.17) is 29.2 Å². The van der Waals surface area contributed by atoms with Gasteiger partial charge in [-0.3, -0.25) is 0 Å². The summed E-state index contributed by atoms with van der Waals surface area (Å²) in [5.74, 6) is 0. The number of aromatic nitrogens is 8.